The molecule has 0 rings (SSSR count). The number of hydrogen-bond acceptors (Lipinski definition) is 0. The Morgan fingerprint density at radius 1 is 0.750 bits per heavy atom. The average molecular weight is 192 g/mol. The van der Waals surface area contributed by atoms with Crippen LogP contribution in [0.5, 0.6) is 0 Å². The van der Waals surface area contributed by atoms with Gasteiger partial charge in [-0.15, -0.1) is 0 Å². The SMILES string of the molecule is [Mo+4].[S-2].[S-2].[S]. The molecule has 0 spiro atoms. The topological polar surface area (TPSA) is 0 Å². The average Bonchev–Trinajstić information content (AvgIpc) is 0. The van der Waals surface area contributed by atoms with Gasteiger partial charge in [0.2, 0.25) is 0 Å². The van der Waals surface area contributed by atoms with E-state index in [-0.39, 0.29) is 61.6 Å². The van der Waals surface area contributed by atoms with Gasteiger partial charge in [-0.1, -0.05) is 0 Å². The zero-order valence-electron chi connectivity index (χ0n) is 1.63. The second-order valence-electron chi connectivity index (χ2n) is 0. The Balaban J connectivity index is 0. The van der Waals surface area contributed by atoms with Crippen molar-refractivity contribution in [3.8, 4) is 0 Å². The summed E-state index contributed by atoms with van der Waals surface area (Å²) in [6.07, 6.45) is 0. The van der Waals surface area contributed by atoms with Crippen LogP contribution in [0.3, 0.4) is 0 Å². The Labute approximate surface area is 61.3 Å². The van der Waals surface area contributed by atoms with E-state index in [1.165, 1.54) is 0 Å². The van der Waals surface area contributed by atoms with E-state index in [1.807, 2.05) is 0 Å². The molecule has 0 aliphatic rings. The molecule has 0 fully saturated rings. The molecule has 0 aromatic carbocycles. The molecule has 0 saturated carbocycles. The summed E-state index contributed by atoms with van der Waals surface area (Å²) in [6.45, 7) is 0. The second-order valence-corrected chi connectivity index (χ2v) is 0. The van der Waals surface area contributed by atoms with E-state index in [0.717, 1.165) is 0 Å². The first-order valence-electron chi connectivity index (χ1n) is 0. The molecule has 2 radical (unpaired) electrons. The third-order valence-electron chi connectivity index (χ3n) is 0. The molecule has 24 valence electrons. The molecule has 0 nitrogen and oxygen atoms in total. The Morgan fingerprint density at radius 3 is 0.750 bits per heavy atom. The van der Waals surface area contributed by atoms with Gasteiger partial charge >= 0.3 is 21.1 Å². The number of rotatable bonds is 0. The molecule has 0 bridgehead atoms. The van der Waals surface area contributed by atoms with Crippen LogP contribution in [0, 0.1) is 0 Å². The van der Waals surface area contributed by atoms with Crippen molar-refractivity contribution in [1.29, 1.82) is 0 Å². The summed E-state index contributed by atoms with van der Waals surface area (Å²) in [6, 6.07) is 0. The maximum absolute atomic E-state index is 0. The van der Waals surface area contributed by atoms with Gasteiger partial charge in [0.15, 0.2) is 0 Å². The van der Waals surface area contributed by atoms with Crippen LogP contribution in [-0.4, -0.2) is 0 Å². The quantitative estimate of drug-likeness (QED) is 0.494. The van der Waals surface area contributed by atoms with Crippen LogP contribution in [0.4, 0.5) is 0 Å². The van der Waals surface area contributed by atoms with Crippen LogP contribution in [-0.2, 0) is 48.1 Å². The van der Waals surface area contributed by atoms with Gasteiger partial charge in [-0.25, -0.2) is 0 Å². The second kappa shape index (κ2) is 21.9. The fraction of sp³-hybridized carbons (Fsp3) is 0. The van der Waals surface area contributed by atoms with Crippen LogP contribution in [0.1, 0.15) is 0 Å². The van der Waals surface area contributed by atoms with Crippen molar-refractivity contribution in [1.82, 2.24) is 0 Å². The predicted molar refractivity (Wildman–Crippen MR) is 22.3 cm³/mol. The van der Waals surface area contributed by atoms with Gasteiger partial charge in [0.25, 0.3) is 0 Å². The molecule has 0 aromatic heterocycles. The smallest absolute Gasteiger partial charge is 2.00 e. The molecule has 4 heteroatoms. The Morgan fingerprint density at radius 2 is 0.750 bits per heavy atom. The molecule has 4 heavy (non-hydrogen) atoms. The molecule has 0 aliphatic heterocycles. The minimum Gasteiger partial charge on any atom is -2.00 e. The van der Waals surface area contributed by atoms with Crippen LogP contribution >= 0.6 is 13.5 Å². The third-order valence-corrected chi connectivity index (χ3v) is 0. The van der Waals surface area contributed by atoms with Crippen LogP contribution in [0.2, 0.25) is 0 Å². The zero-order chi connectivity index (χ0) is 0. The maximum Gasteiger partial charge on any atom is 4.00 e. The van der Waals surface area contributed by atoms with Gasteiger partial charge < -0.3 is 27.0 Å². The summed E-state index contributed by atoms with van der Waals surface area (Å²) >= 11 is 0. The van der Waals surface area contributed by atoms with Crippen molar-refractivity contribution < 1.29 is 21.1 Å². The third kappa shape index (κ3) is 9.28. The van der Waals surface area contributed by atoms with E-state index in [2.05, 4.69) is 0 Å². The summed E-state index contributed by atoms with van der Waals surface area (Å²) in [5, 5.41) is 0. The number of hydrogen-bond donors (Lipinski definition) is 0. The Kier molecular flexibility index (Phi) is 234. The standard InChI is InChI=1S/Mo.3S/q+4;;2*-2. The van der Waals surface area contributed by atoms with Crippen LogP contribution in [0.15, 0.2) is 0 Å². The van der Waals surface area contributed by atoms with Crippen molar-refractivity contribution in [2.45, 2.75) is 0 Å². The molecule has 0 heterocycles. The summed E-state index contributed by atoms with van der Waals surface area (Å²) in [5.74, 6) is 0. The van der Waals surface area contributed by atoms with E-state index in [0.29, 0.717) is 0 Å². The molecule has 0 aliphatic carbocycles. The van der Waals surface area contributed by atoms with Gasteiger partial charge in [-0.3, -0.25) is 0 Å². The molecule has 0 unspecified atom stereocenters. The molecule has 0 atom stereocenters. The maximum atomic E-state index is 0. The fourth-order valence-corrected chi connectivity index (χ4v) is 0. The van der Waals surface area contributed by atoms with E-state index in [9.17, 15) is 0 Å². The Hall–Kier alpha value is 1.74. The Bertz CT molecular complexity index is 3.25. The van der Waals surface area contributed by atoms with Gasteiger partial charge in [0, 0.05) is 13.5 Å². The first-order valence-corrected chi connectivity index (χ1v) is 0. The normalized spacial score (nSPS) is 0. The minimum atomic E-state index is 0. The molecular formula is MoS3. The van der Waals surface area contributed by atoms with Crippen LogP contribution < -0.4 is 0 Å². The van der Waals surface area contributed by atoms with E-state index in [1.54, 1.807) is 0 Å². The molecular weight excluding hydrogens is 192 g/mol. The van der Waals surface area contributed by atoms with E-state index < -0.39 is 0 Å². The summed E-state index contributed by atoms with van der Waals surface area (Å²) in [7, 11) is 0. The monoisotopic (exact) mass is 194 g/mol. The van der Waals surface area contributed by atoms with Crippen molar-refractivity contribution in [2.24, 2.45) is 0 Å². The summed E-state index contributed by atoms with van der Waals surface area (Å²) in [4.78, 5) is 0. The summed E-state index contributed by atoms with van der Waals surface area (Å²) < 4.78 is 0. The minimum absolute atomic E-state index is 0. The molecule has 0 amide bonds. The first-order chi connectivity index (χ1) is 0. The molecule has 0 saturated heterocycles. The van der Waals surface area contributed by atoms with Gasteiger partial charge in [0.1, 0.15) is 0 Å². The van der Waals surface area contributed by atoms with Gasteiger partial charge in [-0.2, -0.15) is 0 Å². The first kappa shape index (κ1) is 42.6. The van der Waals surface area contributed by atoms with Crippen molar-refractivity contribution in [2.75, 3.05) is 0 Å². The molecule has 0 aromatic rings. The van der Waals surface area contributed by atoms with Gasteiger partial charge in [0.05, 0.1) is 0 Å². The van der Waals surface area contributed by atoms with Crippen molar-refractivity contribution in [3.05, 3.63) is 0 Å². The van der Waals surface area contributed by atoms with Gasteiger partial charge in [-0.05, 0) is 0 Å². The van der Waals surface area contributed by atoms with Crippen LogP contribution in [0.25, 0.3) is 0 Å². The zero-order valence-corrected chi connectivity index (χ0v) is 6.09. The largest absolute Gasteiger partial charge is 4.00 e. The van der Waals surface area contributed by atoms with Crippen molar-refractivity contribution >= 4 is 40.5 Å². The van der Waals surface area contributed by atoms with E-state index in [4.69, 9.17) is 0 Å². The summed E-state index contributed by atoms with van der Waals surface area (Å²) in [5.41, 5.74) is 0. The molecule has 0 N–H and O–H groups in total. The fourth-order valence-electron chi connectivity index (χ4n) is 0. The van der Waals surface area contributed by atoms with E-state index >= 15 is 0 Å². The van der Waals surface area contributed by atoms with Crippen molar-refractivity contribution in [3.63, 3.8) is 0 Å². The predicted octanol–water partition coefficient (Wildman–Crippen LogP) is 0.641.